The van der Waals surface area contributed by atoms with Gasteiger partial charge in [0.15, 0.2) is 5.76 Å². The molecule has 2 aromatic rings. The highest BCUT2D eigenvalue weighted by Gasteiger charge is 1.99. The fourth-order valence-corrected chi connectivity index (χ4v) is 1.29. The standard InChI is InChI=1S/C12H8N4O/c13-16-14-8-1-2-10-3-5-11(6-4-10)12-7-9-15-17-12/h3-7,9H,8H2. The zero-order valence-corrected chi connectivity index (χ0v) is 8.87. The lowest BCUT2D eigenvalue weighted by molar-refractivity contribution is 0.432. The maximum atomic E-state index is 8.08. The van der Waals surface area contributed by atoms with Gasteiger partial charge in [0.2, 0.25) is 0 Å². The number of hydrogen-bond acceptors (Lipinski definition) is 3. The number of rotatable bonds is 2. The molecule has 2 rings (SSSR count). The maximum absolute atomic E-state index is 8.08. The number of hydrogen-bond donors (Lipinski definition) is 0. The molecule has 5 nitrogen and oxygen atoms in total. The first kappa shape index (κ1) is 10.8. The molecule has 0 radical (unpaired) electrons. The minimum atomic E-state index is 0.181. The topological polar surface area (TPSA) is 74.8 Å². The van der Waals surface area contributed by atoms with Crippen molar-refractivity contribution in [1.29, 1.82) is 0 Å². The lowest BCUT2D eigenvalue weighted by Crippen LogP contribution is -1.77. The van der Waals surface area contributed by atoms with Crippen molar-refractivity contribution in [3.05, 3.63) is 52.5 Å². The van der Waals surface area contributed by atoms with Crippen LogP contribution in [0.2, 0.25) is 0 Å². The predicted octanol–water partition coefficient (Wildman–Crippen LogP) is 3.00. The van der Waals surface area contributed by atoms with Crippen LogP contribution in [0.25, 0.3) is 21.8 Å². The molecule has 0 saturated carbocycles. The van der Waals surface area contributed by atoms with E-state index >= 15 is 0 Å². The zero-order valence-electron chi connectivity index (χ0n) is 8.87. The summed E-state index contributed by atoms with van der Waals surface area (Å²) in [6.07, 6.45) is 1.60. The molecule has 0 bridgehead atoms. The van der Waals surface area contributed by atoms with Gasteiger partial charge in [-0.05, 0) is 29.8 Å². The monoisotopic (exact) mass is 224 g/mol. The molecule has 0 atom stereocenters. The Morgan fingerprint density at radius 1 is 1.29 bits per heavy atom. The molecule has 1 aromatic heterocycles. The van der Waals surface area contributed by atoms with Gasteiger partial charge in [-0.3, -0.25) is 0 Å². The predicted molar refractivity (Wildman–Crippen MR) is 62.8 cm³/mol. The Morgan fingerprint density at radius 3 is 2.76 bits per heavy atom. The van der Waals surface area contributed by atoms with Gasteiger partial charge in [0.1, 0.15) is 0 Å². The molecule has 5 heteroatoms. The lowest BCUT2D eigenvalue weighted by Gasteiger charge is -1.95. The molecule has 0 fully saturated rings. The number of aromatic nitrogens is 1. The van der Waals surface area contributed by atoms with Gasteiger partial charge in [-0.25, -0.2) is 0 Å². The van der Waals surface area contributed by atoms with E-state index in [9.17, 15) is 0 Å². The van der Waals surface area contributed by atoms with E-state index in [1.165, 1.54) is 0 Å². The van der Waals surface area contributed by atoms with Gasteiger partial charge in [-0.1, -0.05) is 22.1 Å². The smallest absolute Gasteiger partial charge is 0.166 e. The van der Waals surface area contributed by atoms with Crippen LogP contribution in [0.4, 0.5) is 0 Å². The normalized spacial score (nSPS) is 8.94. The Balaban J connectivity index is 2.12. The molecule has 0 amide bonds. The fraction of sp³-hybridized carbons (Fsp3) is 0.0833. The lowest BCUT2D eigenvalue weighted by atomic mass is 10.1. The van der Waals surface area contributed by atoms with Crippen LogP contribution >= 0.6 is 0 Å². The third kappa shape index (κ3) is 2.88. The van der Waals surface area contributed by atoms with Gasteiger partial charge in [0.05, 0.1) is 12.7 Å². The van der Waals surface area contributed by atoms with E-state index < -0.39 is 0 Å². The van der Waals surface area contributed by atoms with Gasteiger partial charge < -0.3 is 4.52 Å². The summed E-state index contributed by atoms with van der Waals surface area (Å²) in [4.78, 5) is 2.62. The van der Waals surface area contributed by atoms with Gasteiger partial charge in [0, 0.05) is 22.1 Å². The number of nitrogens with zero attached hydrogens (tertiary/aromatic N) is 4. The summed E-state index contributed by atoms with van der Waals surface area (Å²) in [5.74, 6) is 6.36. The molecule has 0 saturated heterocycles. The van der Waals surface area contributed by atoms with Crippen LogP contribution in [0, 0.1) is 11.8 Å². The van der Waals surface area contributed by atoms with Crippen molar-refractivity contribution < 1.29 is 4.52 Å². The average molecular weight is 224 g/mol. The summed E-state index contributed by atoms with van der Waals surface area (Å²) in [6.45, 7) is 0.181. The summed E-state index contributed by atoms with van der Waals surface area (Å²) in [5.41, 5.74) is 9.89. The van der Waals surface area contributed by atoms with E-state index in [-0.39, 0.29) is 6.54 Å². The first-order chi connectivity index (χ1) is 8.40. The van der Waals surface area contributed by atoms with Crippen molar-refractivity contribution in [3.63, 3.8) is 0 Å². The van der Waals surface area contributed by atoms with E-state index in [0.717, 1.165) is 16.9 Å². The Bertz CT molecular complexity index is 584. The highest BCUT2D eigenvalue weighted by Crippen LogP contribution is 2.18. The number of azide groups is 1. The minimum absolute atomic E-state index is 0.181. The molecule has 0 unspecified atom stereocenters. The molecular weight excluding hydrogens is 216 g/mol. The van der Waals surface area contributed by atoms with Crippen LogP contribution in [0.5, 0.6) is 0 Å². The minimum Gasteiger partial charge on any atom is -0.356 e. The first-order valence-electron chi connectivity index (χ1n) is 4.91. The molecule has 0 N–H and O–H groups in total. The third-order valence-electron chi connectivity index (χ3n) is 2.05. The van der Waals surface area contributed by atoms with Gasteiger partial charge in [-0.2, -0.15) is 0 Å². The summed E-state index contributed by atoms with van der Waals surface area (Å²) < 4.78 is 5.03. The first-order valence-corrected chi connectivity index (χ1v) is 4.91. The van der Waals surface area contributed by atoms with Crippen LogP contribution in [0.15, 0.2) is 46.2 Å². The maximum Gasteiger partial charge on any atom is 0.166 e. The highest BCUT2D eigenvalue weighted by atomic mass is 16.5. The van der Waals surface area contributed by atoms with Crippen molar-refractivity contribution >= 4 is 0 Å². The molecular formula is C12H8N4O. The fourth-order valence-electron chi connectivity index (χ4n) is 1.29. The second-order valence-corrected chi connectivity index (χ2v) is 3.14. The van der Waals surface area contributed by atoms with Crippen molar-refractivity contribution in [2.24, 2.45) is 5.11 Å². The largest absolute Gasteiger partial charge is 0.356 e. The molecule has 0 aliphatic rings. The molecule has 0 spiro atoms. The summed E-state index contributed by atoms with van der Waals surface area (Å²) in [7, 11) is 0. The quantitative estimate of drug-likeness (QED) is 0.340. The molecule has 0 aliphatic heterocycles. The second kappa shape index (κ2) is 5.40. The van der Waals surface area contributed by atoms with Crippen molar-refractivity contribution in [1.82, 2.24) is 5.16 Å². The Kier molecular flexibility index (Phi) is 3.43. The van der Waals surface area contributed by atoms with Crippen LogP contribution < -0.4 is 0 Å². The SMILES string of the molecule is [N-]=[N+]=NCC#Cc1ccc(-c2ccno2)cc1. The summed E-state index contributed by atoms with van der Waals surface area (Å²) in [6, 6.07) is 9.35. The zero-order chi connectivity index (χ0) is 11.9. The van der Waals surface area contributed by atoms with E-state index in [0.29, 0.717) is 0 Å². The Hall–Kier alpha value is -2.70. The van der Waals surface area contributed by atoms with Gasteiger partial charge >= 0.3 is 0 Å². The van der Waals surface area contributed by atoms with Crippen LogP contribution in [-0.2, 0) is 0 Å². The average Bonchev–Trinajstić information content (AvgIpc) is 2.89. The van der Waals surface area contributed by atoms with Crippen molar-refractivity contribution in [3.8, 4) is 23.2 Å². The van der Waals surface area contributed by atoms with Gasteiger partial charge in [-0.15, -0.1) is 0 Å². The molecule has 1 heterocycles. The van der Waals surface area contributed by atoms with Crippen LogP contribution in [0.1, 0.15) is 5.56 Å². The second-order valence-electron chi connectivity index (χ2n) is 3.14. The van der Waals surface area contributed by atoms with Crippen molar-refractivity contribution in [2.45, 2.75) is 0 Å². The highest BCUT2D eigenvalue weighted by molar-refractivity contribution is 5.58. The Labute approximate surface area is 97.7 Å². The summed E-state index contributed by atoms with van der Waals surface area (Å²) >= 11 is 0. The van der Waals surface area contributed by atoms with E-state index in [1.54, 1.807) is 12.3 Å². The molecule has 82 valence electrons. The number of benzene rings is 1. The third-order valence-corrected chi connectivity index (χ3v) is 2.05. The molecule has 0 aliphatic carbocycles. The van der Waals surface area contributed by atoms with Crippen molar-refractivity contribution in [2.75, 3.05) is 6.54 Å². The van der Waals surface area contributed by atoms with Crippen LogP contribution in [-0.4, -0.2) is 11.7 Å². The Morgan fingerprint density at radius 2 is 2.12 bits per heavy atom. The van der Waals surface area contributed by atoms with E-state index in [1.807, 2.05) is 24.3 Å². The van der Waals surface area contributed by atoms with Gasteiger partial charge in [0.25, 0.3) is 0 Å². The summed E-state index contributed by atoms with van der Waals surface area (Å²) in [5, 5.41) is 6.97. The molecule has 1 aromatic carbocycles. The van der Waals surface area contributed by atoms with E-state index in [2.05, 4.69) is 27.0 Å². The molecule has 17 heavy (non-hydrogen) atoms. The van der Waals surface area contributed by atoms with Crippen LogP contribution in [0.3, 0.4) is 0 Å². The van der Waals surface area contributed by atoms with E-state index in [4.69, 9.17) is 10.1 Å².